The van der Waals surface area contributed by atoms with Gasteiger partial charge in [0.1, 0.15) is 5.75 Å². The molecule has 0 bridgehead atoms. The third-order valence-corrected chi connectivity index (χ3v) is 6.26. The first kappa shape index (κ1) is 19.7. The lowest BCUT2D eigenvalue weighted by molar-refractivity contribution is 0.0751. The van der Waals surface area contributed by atoms with Gasteiger partial charge in [-0.25, -0.2) is 13.1 Å². The van der Waals surface area contributed by atoms with Gasteiger partial charge in [0.25, 0.3) is 5.91 Å². The van der Waals surface area contributed by atoms with Crippen molar-refractivity contribution >= 4 is 33.0 Å². The van der Waals surface area contributed by atoms with Crippen LogP contribution in [0.2, 0.25) is 0 Å². The molecular weight excluding hydrogens is 386 g/mol. The molecule has 2 N–H and O–H groups in total. The smallest absolute Gasteiger partial charge is 0.264 e. The van der Waals surface area contributed by atoms with Crippen LogP contribution in [0.3, 0.4) is 0 Å². The molecule has 146 valence electrons. The molecule has 7 nitrogen and oxygen atoms in total. The number of aromatic hydroxyl groups is 1. The van der Waals surface area contributed by atoms with Crippen LogP contribution < -0.4 is 9.62 Å². The molecule has 0 saturated carbocycles. The molecular formula is C18H23N3O4S2. The van der Waals surface area contributed by atoms with Crippen molar-refractivity contribution < 1.29 is 18.3 Å². The Morgan fingerprint density at radius 1 is 1.15 bits per heavy atom. The largest absolute Gasteiger partial charge is 0.506 e. The van der Waals surface area contributed by atoms with Crippen molar-refractivity contribution in [3.63, 3.8) is 0 Å². The lowest BCUT2D eigenvalue weighted by Crippen LogP contribution is -2.48. The van der Waals surface area contributed by atoms with Crippen LogP contribution in [0.5, 0.6) is 5.75 Å². The van der Waals surface area contributed by atoms with Crippen LogP contribution in [0.1, 0.15) is 14.5 Å². The van der Waals surface area contributed by atoms with Crippen LogP contribution in [0, 0.1) is 0 Å². The highest BCUT2D eigenvalue weighted by molar-refractivity contribution is 7.88. The molecule has 1 amide bonds. The first-order valence-electron chi connectivity index (χ1n) is 8.69. The fraction of sp³-hybridized carbons (Fsp3) is 0.389. The van der Waals surface area contributed by atoms with E-state index in [1.807, 2.05) is 23.1 Å². The van der Waals surface area contributed by atoms with Crippen molar-refractivity contribution in [2.45, 2.75) is 6.42 Å². The highest BCUT2D eigenvalue weighted by Crippen LogP contribution is 2.27. The number of hydrogen-bond acceptors (Lipinski definition) is 6. The van der Waals surface area contributed by atoms with E-state index in [9.17, 15) is 18.3 Å². The molecule has 1 aromatic heterocycles. The van der Waals surface area contributed by atoms with Gasteiger partial charge >= 0.3 is 0 Å². The molecule has 1 aromatic carbocycles. The molecule has 0 aliphatic carbocycles. The summed E-state index contributed by atoms with van der Waals surface area (Å²) in [6.07, 6.45) is 1.69. The van der Waals surface area contributed by atoms with Crippen LogP contribution >= 0.6 is 11.3 Å². The Balaban J connectivity index is 1.54. The Hall–Kier alpha value is -2.10. The Morgan fingerprint density at radius 3 is 2.52 bits per heavy atom. The number of benzene rings is 1. The molecule has 1 aliphatic heterocycles. The van der Waals surface area contributed by atoms with E-state index in [1.54, 1.807) is 18.2 Å². The van der Waals surface area contributed by atoms with Crippen molar-refractivity contribution in [3.05, 3.63) is 46.2 Å². The predicted molar refractivity (Wildman–Crippen MR) is 107 cm³/mol. The summed E-state index contributed by atoms with van der Waals surface area (Å²) < 4.78 is 24.7. The van der Waals surface area contributed by atoms with Crippen molar-refractivity contribution in [1.82, 2.24) is 9.62 Å². The molecule has 2 heterocycles. The summed E-state index contributed by atoms with van der Waals surface area (Å²) in [5, 5.41) is 9.98. The number of nitrogens with one attached hydrogen (secondary N) is 1. The molecule has 0 unspecified atom stereocenters. The summed E-state index contributed by atoms with van der Waals surface area (Å²) in [5.74, 6) is 0.252. The van der Waals surface area contributed by atoms with E-state index < -0.39 is 10.0 Å². The number of piperazine rings is 1. The quantitative estimate of drug-likeness (QED) is 0.755. The van der Waals surface area contributed by atoms with Crippen LogP contribution in [0.25, 0.3) is 0 Å². The zero-order valence-electron chi connectivity index (χ0n) is 15.1. The molecule has 3 rings (SSSR count). The standard InChI is InChI=1S/C18H23N3O4S2/c1-27(24,25)19-9-8-14-6-7-17(26-14)18(23)21-12-10-20(11-13-21)15-4-2-3-5-16(15)22/h2-7,19,22H,8-13H2,1H3. The van der Waals surface area contributed by atoms with Crippen molar-refractivity contribution in [2.75, 3.05) is 43.9 Å². The number of carbonyl (C=O) groups is 1. The zero-order valence-corrected chi connectivity index (χ0v) is 16.7. The first-order valence-corrected chi connectivity index (χ1v) is 11.4. The molecule has 0 radical (unpaired) electrons. The number of para-hydroxylation sites is 2. The van der Waals surface area contributed by atoms with E-state index in [4.69, 9.17) is 0 Å². The number of sulfonamides is 1. The number of amides is 1. The second kappa shape index (κ2) is 8.28. The van der Waals surface area contributed by atoms with Gasteiger partial charge in [-0.1, -0.05) is 12.1 Å². The van der Waals surface area contributed by atoms with Gasteiger partial charge in [-0.15, -0.1) is 11.3 Å². The zero-order chi connectivity index (χ0) is 19.4. The van der Waals surface area contributed by atoms with Crippen molar-refractivity contribution in [3.8, 4) is 5.75 Å². The van der Waals surface area contributed by atoms with E-state index >= 15 is 0 Å². The van der Waals surface area contributed by atoms with Gasteiger partial charge in [0.2, 0.25) is 10.0 Å². The van der Waals surface area contributed by atoms with Gasteiger partial charge < -0.3 is 14.9 Å². The second-order valence-corrected chi connectivity index (χ2v) is 9.45. The van der Waals surface area contributed by atoms with Crippen LogP contribution in [0.15, 0.2) is 36.4 Å². The number of anilines is 1. The lowest BCUT2D eigenvalue weighted by atomic mass is 10.2. The fourth-order valence-electron chi connectivity index (χ4n) is 3.02. The summed E-state index contributed by atoms with van der Waals surface area (Å²) in [5.41, 5.74) is 0.793. The maximum absolute atomic E-state index is 12.7. The molecule has 1 fully saturated rings. The molecule has 0 atom stereocenters. The minimum absolute atomic E-state index is 0.000689. The van der Waals surface area contributed by atoms with Crippen LogP contribution in [-0.4, -0.2) is 63.3 Å². The number of rotatable bonds is 6. The highest BCUT2D eigenvalue weighted by Gasteiger charge is 2.24. The SMILES string of the molecule is CS(=O)(=O)NCCc1ccc(C(=O)N2CCN(c3ccccc3O)CC2)s1. The Bertz CT molecular complexity index is 903. The Kier molecular flexibility index (Phi) is 6.03. The number of nitrogens with zero attached hydrogens (tertiary/aromatic N) is 2. The number of phenolic OH excluding ortho intramolecular Hbond substituents is 1. The minimum atomic E-state index is -3.20. The summed E-state index contributed by atoms with van der Waals surface area (Å²) >= 11 is 1.41. The van der Waals surface area contributed by atoms with E-state index in [0.717, 1.165) is 16.8 Å². The number of hydrogen-bond donors (Lipinski definition) is 2. The first-order chi connectivity index (χ1) is 12.8. The average Bonchev–Trinajstić information content (AvgIpc) is 3.09. The van der Waals surface area contributed by atoms with Gasteiger partial charge in [-0.3, -0.25) is 4.79 Å². The third kappa shape index (κ3) is 5.21. The van der Waals surface area contributed by atoms with Crippen LogP contribution in [-0.2, 0) is 16.4 Å². The monoisotopic (exact) mass is 409 g/mol. The predicted octanol–water partition coefficient (Wildman–Crippen LogP) is 1.51. The van der Waals surface area contributed by atoms with E-state index in [1.165, 1.54) is 11.3 Å². The second-order valence-electron chi connectivity index (χ2n) is 6.45. The van der Waals surface area contributed by atoms with Gasteiger partial charge in [0.05, 0.1) is 16.8 Å². The van der Waals surface area contributed by atoms with E-state index in [-0.39, 0.29) is 11.7 Å². The Labute approximate surface area is 163 Å². The minimum Gasteiger partial charge on any atom is -0.506 e. The summed E-state index contributed by atoms with van der Waals surface area (Å²) in [4.78, 5) is 18.3. The third-order valence-electron chi connectivity index (χ3n) is 4.40. The maximum Gasteiger partial charge on any atom is 0.264 e. The molecule has 0 spiro atoms. The molecule has 27 heavy (non-hydrogen) atoms. The van der Waals surface area contributed by atoms with Crippen molar-refractivity contribution in [2.24, 2.45) is 0 Å². The molecule has 2 aromatic rings. The molecule has 1 aliphatic rings. The number of thiophene rings is 1. The van der Waals surface area contributed by atoms with Gasteiger partial charge in [0.15, 0.2) is 0 Å². The van der Waals surface area contributed by atoms with Gasteiger partial charge in [-0.05, 0) is 30.7 Å². The van der Waals surface area contributed by atoms with E-state index in [2.05, 4.69) is 9.62 Å². The van der Waals surface area contributed by atoms with Crippen LogP contribution in [0.4, 0.5) is 5.69 Å². The topological polar surface area (TPSA) is 90.0 Å². The number of phenols is 1. The number of carbonyl (C=O) groups excluding carboxylic acids is 1. The molecule has 1 saturated heterocycles. The average molecular weight is 410 g/mol. The van der Waals surface area contributed by atoms with Gasteiger partial charge in [-0.2, -0.15) is 0 Å². The highest BCUT2D eigenvalue weighted by atomic mass is 32.2. The van der Waals surface area contributed by atoms with Gasteiger partial charge in [0, 0.05) is 37.6 Å². The lowest BCUT2D eigenvalue weighted by Gasteiger charge is -2.36. The molecule has 9 heteroatoms. The normalized spacial score (nSPS) is 15.1. The summed E-state index contributed by atoms with van der Waals surface area (Å²) in [6.45, 7) is 2.85. The van der Waals surface area contributed by atoms with E-state index in [0.29, 0.717) is 44.0 Å². The summed E-state index contributed by atoms with van der Waals surface area (Å²) in [6, 6.07) is 10.9. The fourth-order valence-corrected chi connectivity index (χ4v) is 4.47. The van der Waals surface area contributed by atoms with Crippen molar-refractivity contribution in [1.29, 1.82) is 0 Å². The summed E-state index contributed by atoms with van der Waals surface area (Å²) in [7, 11) is -3.20. The Morgan fingerprint density at radius 2 is 1.85 bits per heavy atom. The maximum atomic E-state index is 12.7.